The molecule has 1 heterocycles. The van der Waals surface area contributed by atoms with Gasteiger partial charge in [-0.25, -0.2) is 4.79 Å². The Kier molecular flexibility index (Phi) is 3.70. The van der Waals surface area contributed by atoms with E-state index in [0.717, 1.165) is 12.8 Å². The third-order valence-electron chi connectivity index (χ3n) is 3.90. The second-order valence-corrected chi connectivity index (χ2v) is 5.96. The average molecular weight is 276 g/mol. The summed E-state index contributed by atoms with van der Waals surface area (Å²) in [6.07, 6.45) is 1.61. The van der Waals surface area contributed by atoms with Gasteiger partial charge in [0.1, 0.15) is 6.04 Å². The topological polar surface area (TPSA) is 83.6 Å². The predicted octanol–water partition coefficient (Wildman–Crippen LogP) is 1.98. The Labute approximate surface area is 118 Å². The van der Waals surface area contributed by atoms with E-state index in [1.807, 2.05) is 13.8 Å². The number of nitrogen functional groups attached to an aromatic ring is 1. The zero-order valence-corrected chi connectivity index (χ0v) is 11.8. The highest BCUT2D eigenvalue weighted by Crippen LogP contribution is 2.36. The molecule has 0 spiro atoms. The maximum atomic E-state index is 12.6. The van der Waals surface area contributed by atoms with Gasteiger partial charge >= 0.3 is 5.97 Å². The van der Waals surface area contributed by atoms with Gasteiger partial charge in [-0.15, -0.1) is 0 Å². The van der Waals surface area contributed by atoms with Crippen LogP contribution in [0.1, 0.15) is 37.0 Å². The van der Waals surface area contributed by atoms with Crippen LogP contribution in [0.25, 0.3) is 0 Å². The molecule has 1 aliphatic heterocycles. The van der Waals surface area contributed by atoms with Crippen LogP contribution >= 0.6 is 0 Å². The van der Waals surface area contributed by atoms with Crippen LogP contribution in [0.15, 0.2) is 24.3 Å². The van der Waals surface area contributed by atoms with Gasteiger partial charge in [0, 0.05) is 17.8 Å². The summed E-state index contributed by atoms with van der Waals surface area (Å²) in [7, 11) is 0. The van der Waals surface area contributed by atoms with Gasteiger partial charge in [-0.05, 0) is 36.5 Å². The predicted molar refractivity (Wildman–Crippen MR) is 76.3 cm³/mol. The number of rotatable bonds is 2. The van der Waals surface area contributed by atoms with Gasteiger partial charge in [0.15, 0.2) is 0 Å². The summed E-state index contributed by atoms with van der Waals surface area (Å²) in [4.78, 5) is 25.6. The van der Waals surface area contributed by atoms with Crippen LogP contribution < -0.4 is 5.73 Å². The quantitative estimate of drug-likeness (QED) is 0.809. The Bertz CT molecular complexity index is 540. The van der Waals surface area contributed by atoms with Crippen molar-refractivity contribution < 1.29 is 14.7 Å². The number of hydrogen-bond donors (Lipinski definition) is 2. The van der Waals surface area contributed by atoms with Crippen molar-refractivity contribution in [3.8, 4) is 0 Å². The first-order chi connectivity index (χ1) is 9.33. The van der Waals surface area contributed by atoms with Gasteiger partial charge < -0.3 is 15.7 Å². The molecule has 3 N–H and O–H groups in total. The number of amides is 1. The van der Waals surface area contributed by atoms with Crippen LogP contribution in [0, 0.1) is 5.41 Å². The van der Waals surface area contributed by atoms with Crippen molar-refractivity contribution in [2.24, 2.45) is 5.41 Å². The molecule has 5 nitrogen and oxygen atoms in total. The van der Waals surface area contributed by atoms with E-state index in [2.05, 4.69) is 0 Å². The molecule has 0 bridgehead atoms. The monoisotopic (exact) mass is 276 g/mol. The summed E-state index contributed by atoms with van der Waals surface area (Å²) in [6.45, 7) is 4.25. The van der Waals surface area contributed by atoms with E-state index >= 15 is 0 Å². The molecule has 0 radical (unpaired) electrons. The minimum atomic E-state index is -0.952. The second-order valence-electron chi connectivity index (χ2n) is 5.96. The number of carbonyl (C=O) groups is 2. The van der Waals surface area contributed by atoms with Crippen molar-refractivity contribution >= 4 is 17.6 Å². The first-order valence-electron chi connectivity index (χ1n) is 6.72. The van der Waals surface area contributed by atoms with Crippen molar-refractivity contribution in [2.75, 3.05) is 12.3 Å². The molecule has 0 aromatic heterocycles. The zero-order chi connectivity index (χ0) is 14.9. The summed E-state index contributed by atoms with van der Waals surface area (Å²) in [5.74, 6) is -1.22. The highest BCUT2D eigenvalue weighted by molar-refractivity contribution is 5.97. The summed E-state index contributed by atoms with van der Waals surface area (Å²) < 4.78 is 0. The van der Waals surface area contributed by atoms with E-state index in [1.54, 1.807) is 24.3 Å². The highest BCUT2D eigenvalue weighted by Gasteiger charge is 2.44. The number of benzene rings is 1. The third kappa shape index (κ3) is 2.61. The fourth-order valence-electron chi connectivity index (χ4n) is 2.92. The molecule has 1 fully saturated rings. The Hall–Kier alpha value is -2.04. The number of carboxylic acid groups (broad SMARTS) is 1. The van der Waals surface area contributed by atoms with Crippen LogP contribution in [0.3, 0.4) is 0 Å². The van der Waals surface area contributed by atoms with Gasteiger partial charge in [0.2, 0.25) is 0 Å². The standard InChI is InChI=1S/C15H20N2O3/c1-15(2)7-4-8-17(12(15)14(19)20)13(18)10-5-3-6-11(16)9-10/h3,5-6,9,12H,4,7-8,16H2,1-2H3,(H,19,20). The number of carboxylic acids is 1. The van der Waals surface area contributed by atoms with Crippen molar-refractivity contribution in [1.82, 2.24) is 4.90 Å². The van der Waals surface area contributed by atoms with E-state index in [1.165, 1.54) is 4.90 Å². The van der Waals surface area contributed by atoms with Crippen LogP contribution in [0.5, 0.6) is 0 Å². The van der Waals surface area contributed by atoms with E-state index in [4.69, 9.17) is 5.73 Å². The number of piperidine rings is 1. The molecule has 1 aromatic carbocycles. The SMILES string of the molecule is CC1(C)CCCN(C(=O)c2cccc(N)c2)C1C(=O)O. The summed E-state index contributed by atoms with van der Waals surface area (Å²) in [5, 5.41) is 9.48. The van der Waals surface area contributed by atoms with E-state index in [0.29, 0.717) is 17.8 Å². The number of aliphatic carboxylic acids is 1. The Morgan fingerprint density at radius 2 is 2.10 bits per heavy atom. The molecule has 1 saturated heterocycles. The van der Waals surface area contributed by atoms with Gasteiger partial charge in [-0.2, -0.15) is 0 Å². The number of anilines is 1. The molecule has 1 atom stereocenters. The molecular weight excluding hydrogens is 256 g/mol. The van der Waals surface area contributed by atoms with Crippen LogP contribution in [-0.4, -0.2) is 34.5 Å². The summed E-state index contributed by atoms with van der Waals surface area (Å²) in [5.41, 5.74) is 6.19. The molecule has 1 unspecified atom stereocenters. The summed E-state index contributed by atoms with van der Waals surface area (Å²) >= 11 is 0. The molecule has 1 aromatic rings. The molecule has 2 rings (SSSR count). The zero-order valence-electron chi connectivity index (χ0n) is 11.8. The molecule has 5 heteroatoms. The first kappa shape index (κ1) is 14.4. The lowest BCUT2D eigenvalue weighted by atomic mass is 9.76. The molecule has 0 aliphatic carbocycles. The van der Waals surface area contributed by atoms with Crippen LogP contribution in [0.4, 0.5) is 5.69 Å². The number of nitrogens with zero attached hydrogens (tertiary/aromatic N) is 1. The van der Waals surface area contributed by atoms with Gasteiger partial charge in [0.25, 0.3) is 5.91 Å². The van der Waals surface area contributed by atoms with Crippen LogP contribution in [0.2, 0.25) is 0 Å². The number of hydrogen-bond acceptors (Lipinski definition) is 3. The Morgan fingerprint density at radius 1 is 1.40 bits per heavy atom. The lowest BCUT2D eigenvalue weighted by Gasteiger charge is -2.44. The molecule has 108 valence electrons. The fourth-order valence-corrected chi connectivity index (χ4v) is 2.92. The smallest absolute Gasteiger partial charge is 0.326 e. The maximum absolute atomic E-state index is 12.6. The minimum absolute atomic E-state index is 0.266. The molecular formula is C15H20N2O3. The highest BCUT2D eigenvalue weighted by atomic mass is 16.4. The first-order valence-corrected chi connectivity index (χ1v) is 6.72. The molecule has 1 aliphatic rings. The van der Waals surface area contributed by atoms with Crippen molar-refractivity contribution in [3.05, 3.63) is 29.8 Å². The van der Waals surface area contributed by atoms with Gasteiger partial charge in [-0.3, -0.25) is 4.79 Å². The van der Waals surface area contributed by atoms with E-state index in [-0.39, 0.29) is 5.91 Å². The minimum Gasteiger partial charge on any atom is -0.480 e. The number of carbonyl (C=O) groups excluding carboxylic acids is 1. The normalized spacial score (nSPS) is 21.5. The number of likely N-dealkylation sites (tertiary alicyclic amines) is 1. The van der Waals surface area contributed by atoms with Crippen molar-refractivity contribution in [3.63, 3.8) is 0 Å². The number of nitrogens with two attached hydrogens (primary N) is 1. The molecule has 0 saturated carbocycles. The third-order valence-corrected chi connectivity index (χ3v) is 3.90. The van der Waals surface area contributed by atoms with Crippen molar-refractivity contribution in [2.45, 2.75) is 32.7 Å². The Morgan fingerprint density at radius 3 is 2.70 bits per heavy atom. The van der Waals surface area contributed by atoms with Crippen LogP contribution in [-0.2, 0) is 4.79 Å². The van der Waals surface area contributed by atoms with Gasteiger partial charge in [-0.1, -0.05) is 19.9 Å². The largest absolute Gasteiger partial charge is 0.480 e. The summed E-state index contributed by atoms with van der Waals surface area (Å²) in [6, 6.07) is 5.85. The lowest BCUT2D eigenvalue weighted by molar-refractivity contribution is -0.148. The lowest BCUT2D eigenvalue weighted by Crippen LogP contribution is -2.56. The van der Waals surface area contributed by atoms with Crippen molar-refractivity contribution in [1.29, 1.82) is 0 Å². The molecule has 20 heavy (non-hydrogen) atoms. The van der Waals surface area contributed by atoms with E-state index < -0.39 is 17.4 Å². The van der Waals surface area contributed by atoms with E-state index in [9.17, 15) is 14.7 Å². The second kappa shape index (κ2) is 5.15. The van der Waals surface area contributed by atoms with Gasteiger partial charge in [0.05, 0.1) is 0 Å². The maximum Gasteiger partial charge on any atom is 0.326 e. The fraction of sp³-hybridized carbons (Fsp3) is 0.467. The Balaban J connectivity index is 2.34. The molecule has 1 amide bonds. The average Bonchev–Trinajstić information content (AvgIpc) is 2.35.